The van der Waals surface area contributed by atoms with Gasteiger partial charge in [0.2, 0.25) is 0 Å². The van der Waals surface area contributed by atoms with Gasteiger partial charge in [-0.25, -0.2) is 4.98 Å². The second kappa shape index (κ2) is 7.28. The van der Waals surface area contributed by atoms with Gasteiger partial charge in [0.25, 0.3) is 5.69 Å². The zero-order valence-electron chi connectivity index (χ0n) is 14.7. The second-order valence-corrected chi connectivity index (χ2v) is 6.23. The summed E-state index contributed by atoms with van der Waals surface area (Å²) in [4.78, 5) is 30.5. The van der Waals surface area contributed by atoms with Crippen LogP contribution in [0.25, 0.3) is 23.2 Å². The average molecular weight is 369 g/mol. The first kappa shape index (κ1) is 17.4. The number of fused-ring (bicyclic) bond motifs is 1. The van der Waals surface area contributed by atoms with E-state index in [1.165, 1.54) is 12.1 Å². The van der Waals surface area contributed by atoms with Crippen LogP contribution in [-0.2, 0) is 0 Å². The number of hydrogen-bond donors (Lipinski definition) is 1. The van der Waals surface area contributed by atoms with Crippen LogP contribution >= 0.6 is 0 Å². The van der Waals surface area contributed by atoms with Crippen molar-refractivity contribution in [1.82, 2.24) is 9.97 Å². The second-order valence-electron chi connectivity index (χ2n) is 6.23. The zero-order valence-corrected chi connectivity index (χ0v) is 14.7. The number of ketones is 1. The van der Waals surface area contributed by atoms with Crippen LogP contribution in [-0.4, -0.2) is 20.7 Å². The summed E-state index contributed by atoms with van der Waals surface area (Å²) >= 11 is 0. The Morgan fingerprint density at radius 3 is 2.39 bits per heavy atom. The molecule has 0 aliphatic heterocycles. The number of nitro benzene ring substituents is 1. The molecule has 0 spiro atoms. The molecule has 0 atom stereocenters. The molecule has 1 N–H and O–H groups in total. The number of nitrogens with zero attached hydrogens (tertiary/aromatic N) is 2. The summed E-state index contributed by atoms with van der Waals surface area (Å²) < 4.78 is 0. The van der Waals surface area contributed by atoms with Gasteiger partial charge >= 0.3 is 0 Å². The molecule has 0 amide bonds. The summed E-state index contributed by atoms with van der Waals surface area (Å²) in [6, 6.07) is 20.8. The monoisotopic (exact) mass is 369 g/mol. The summed E-state index contributed by atoms with van der Waals surface area (Å²) in [7, 11) is 0. The minimum Gasteiger partial charge on any atom is -0.338 e. The lowest BCUT2D eigenvalue weighted by atomic mass is 10.0. The molecule has 0 aliphatic carbocycles. The van der Waals surface area contributed by atoms with Crippen LogP contribution in [0.1, 0.15) is 27.3 Å². The standard InChI is InChI=1S/C22H15N3O3/c26-22(16-4-2-1-3-5-16)17-9-12-19-20(14-17)24-21(23-19)13-8-15-6-10-18(11-7-15)25(27)28/h1-14H,(H,23,24)/b13-8+. The Bertz CT molecular complexity index is 1190. The smallest absolute Gasteiger partial charge is 0.269 e. The average Bonchev–Trinajstić information content (AvgIpc) is 3.14. The number of aromatic nitrogens is 2. The fourth-order valence-corrected chi connectivity index (χ4v) is 2.89. The van der Waals surface area contributed by atoms with Crippen molar-refractivity contribution >= 4 is 34.7 Å². The predicted octanol–water partition coefficient (Wildman–Crippen LogP) is 4.87. The third-order valence-electron chi connectivity index (χ3n) is 4.34. The molecule has 0 saturated heterocycles. The van der Waals surface area contributed by atoms with Gasteiger partial charge < -0.3 is 4.98 Å². The van der Waals surface area contributed by atoms with Crippen molar-refractivity contribution in [2.24, 2.45) is 0 Å². The Morgan fingerprint density at radius 1 is 0.929 bits per heavy atom. The Labute approximate surface area is 160 Å². The number of nitro groups is 1. The highest BCUT2D eigenvalue weighted by Gasteiger charge is 2.10. The van der Waals surface area contributed by atoms with E-state index in [1.54, 1.807) is 42.5 Å². The van der Waals surface area contributed by atoms with Crippen LogP contribution in [0, 0.1) is 10.1 Å². The first-order chi connectivity index (χ1) is 13.6. The summed E-state index contributed by atoms with van der Waals surface area (Å²) in [5, 5.41) is 10.7. The fourth-order valence-electron chi connectivity index (χ4n) is 2.89. The van der Waals surface area contributed by atoms with Crippen molar-refractivity contribution in [1.29, 1.82) is 0 Å². The number of aromatic amines is 1. The highest BCUT2D eigenvalue weighted by molar-refractivity contribution is 6.10. The summed E-state index contributed by atoms with van der Waals surface area (Å²) in [5.41, 5.74) is 3.63. The molecular weight excluding hydrogens is 354 g/mol. The van der Waals surface area contributed by atoms with Gasteiger partial charge in [-0.15, -0.1) is 0 Å². The number of carbonyl (C=O) groups excluding carboxylic acids is 1. The Morgan fingerprint density at radius 2 is 1.68 bits per heavy atom. The Kier molecular flexibility index (Phi) is 4.51. The van der Waals surface area contributed by atoms with Gasteiger partial charge in [-0.05, 0) is 42.0 Å². The van der Waals surface area contributed by atoms with Crippen LogP contribution in [0.15, 0.2) is 72.8 Å². The van der Waals surface area contributed by atoms with Crippen LogP contribution in [0.4, 0.5) is 5.69 Å². The van der Waals surface area contributed by atoms with Gasteiger partial charge in [-0.2, -0.15) is 0 Å². The van der Waals surface area contributed by atoms with Crippen molar-refractivity contribution in [2.45, 2.75) is 0 Å². The highest BCUT2D eigenvalue weighted by atomic mass is 16.6. The number of rotatable bonds is 5. The number of H-pyrrole nitrogens is 1. The van der Waals surface area contributed by atoms with Gasteiger partial charge in [0.15, 0.2) is 5.78 Å². The maximum atomic E-state index is 12.6. The number of imidazole rings is 1. The van der Waals surface area contributed by atoms with E-state index in [0.29, 0.717) is 17.0 Å². The van der Waals surface area contributed by atoms with Crippen molar-refractivity contribution in [3.63, 3.8) is 0 Å². The van der Waals surface area contributed by atoms with Gasteiger partial charge in [0, 0.05) is 23.3 Å². The molecule has 28 heavy (non-hydrogen) atoms. The van der Waals surface area contributed by atoms with Crippen LogP contribution in [0.3, 0.4) is 0 Å². The zero-order chi connectivity index (χ0) is 19.5. The van der Waals surface area contributed by atoms with Crippen molar-refractivity contribution < 1.29 is 9.72 Å². The molecule has 0 bridgehead atoms. The van der Waals surface area contributed by atoms with Crippen molar-refractivity contribution in [3.8, 4) is 0 Å². The predicted molar refractivity (Wildman–Crippen MR) is 108 cm³/mol. The minimum atomic E-state index is -0.429. The third-order valence-corrected chi connectivity index (χ3v) is 4.34. The molecule has 6 nitrogen and oxygen atoms in total. The van der Waals surface area contributed by atoms with E-state index in [1.807, 2.05) is 30.3 Å². The van der Waals surface area contributed by atoms with E-state index < -0.39 is 4.92 Å². The first-order valence-electron chi connectivity index (χ1n) is 8.62. The number of hydrogen-bond acceptors (Lipinski definition) is 4. The summed E-state index contributed by atoms with van der Waals surface area (Å²) in [6.45, 7) is 0. The Balaban J connectivity index is 1.58. The molecule has 1 aromatic heterocycles. The van der Waals surface area contributed by atoms with Crippen LogP contribution < -0.4 is 0 Å². The lowest BCUT2D eigenvalue weighted by Crippen LogP contribution is -2.00. The maximum Gasteiger partial charge on any atom is 0.269 e. The molecule has 6 heteroatoms. The van der Waals surface area contributed by atoms with E-state index in [0.717, 1.165) is 16.6 Å². The number of non-ortho nitro benzene ring substituents is 1. The SMILES string of the molecule is O=C(c1ccccc1)c1ccc2nc(/C=C/c3ccc([N+](=O)[O-])cc3)[nH]c2c1. The number of nitrogens with one attached hydrogen (secondary N) is 1. The van der Waals surface area contributed by atoms with Crippen LogP contribution in [0.2, 0.25) is 0 Å². The number of carbonyl (C=O) groups is 1. The van der Waals surface area contributed by atoms with E-state index in [-0.39, 0.29) is 11.5 Å². The molecule has 0 fully saturated rings. The summed E-state index contributed by atoms with van der Waals surface area (Å²) in [5.74, 6) is 0.595. The molecule has 1 heterocycles. The quantitative estimate of drug-likeness (QED) is 0.309. The molecule has 0 saturated carbocycles. The van der Waals surface area contributed by atoms with Gasteiger partial charge in [-0.3, -0.25) is 14.9 Å². The maximum absolute atomic E-state index is 12.6. The lowest BCUT2D eigenvalue weighted by Gasteiger charge is -2.00. The van der Waals surface area contributed by atoms with E-state index in [2.05, 4.69) is 9.97 Å². The van der Waals surface area contributed by atoms with Gasteiger partial charge in [0.05, 0.1) is 16.0 Å². The molecule has 0 aliphatic rings. The van der Waals surface area contributed by atoms with E-state index >= 15 is 0 Å². The normalized spacial score (nSPS) is 11.1. The molecule has 4 rings (SSSR count). The fraction of sp³-hybridized carbons (Fsp3) is 0. The molecule has 136 valence electrons. The molecule has 4 aromatic rings. The van der Waals surface area contributed by atoms with E-state index in [4.69, 9.17) is 0 Å². The van der Waals surface area contributed by atoms with Gasteiger partial charge in [0.1, 0.15) is 5.82 Å². The Hall–Kier alpha value is -4.06. The first-order valence-corrected chi connectivity index (χ1v) is 8.62. The van der Waals surface area contributed by atoms with Gasteiger partial charge in [-0.1, -0.05) is 36.4 Å². The van der Waals surface area contributed by atoms with E-state index in [9.17, 15) is 14.9 Å². The third kappa shape index (κ3) is 3.57. The lowest BCUT2D eigenvalue weighted by molar-refractivity contribution is -0.384. The summed E-state index contributed by atoms with van der Waals surface area (Å²) in [6.07, 6.45) is 3.61. The molecule has 0 radical (unpaired) electrons. The molecular formula is C22H15N3O3. The largest absolute Gasteiger partial charge is 0.338 e. The minimum absolute atomic E-state index is 0.0416. The molecule has 3 aromatic carbocycles. The van der Waals surface area contributed by atoms with Crippen molar-refractivity contribution in [2.75, 3.05) is 0 Å². The van der Waals surface area contributed by atoms with Crippen LogP contribution in [0.5, 0.6) is 0 Å². The number of benzene rings is 3. The topological polar surface area (TPSA) is 88.9 Å². The molecule has 0 unspecified atom stereocenters. The highest BCUT2D eigenvalue weighted by Crippen LogP contribution is 2.18. The van der Waals surface area contributed by atoms with Crippen molar-refractivity contribution in [3.05, 3.63) is 105 Å².